The molecule has 1 aliphatic heterocycles. The number of hydrogen-bond donors (Lipinski definition) is 1. The molecule has 0 aliphatic carbocycles. The van der Waals surface area contributed by atoms with Gasteiger partial charge in [-0.3, -0.25) is 0 Å². The topological polar surface area (TPSA) is 60.2 Å². The van der Waals surface area contributed by atoms with Gasteiger partial charge in [0.1, 0.15) is 5.60 Å². The SMILES string of the molecule is CNCc1nc(C2(C)CCCO2)no1. The monoisotopic (exact) mass is 197 g/mol. The molecule has 5 heteroatoms. The van der Waals surface area contributed by atoms with Gasteiger partial charge < -0.3 is 14.6 Å². The predicted octanol–water partition coefficient (Wildman–Crippen LogP) is 0.815. The average Bonchev–Trinajstić information content (AvgIpc) is 2.75. The van der Waals surface area contributed by atoms with Gasteiger partial charge in [-0.05, 0) is 26.8 Å². The summed E-state index contributed by atoms with van der Waals surface area (Å²) in [4.78, 5) is 4.29. The summed E-state index contributed by atoms with van der Waals surface area (Å²) in [6, 6.07) is 0. The molecule has 78 valence electrons. The van der Waals surface area contributed by atoms with Crippen LogP contribution in [0.4, 0.5) is 0 Å². The molecule has 1 atom stereocenters. The van der Waals surface area contributed by atoms with Crippen molar-refractivity contribution in [1.29, 1.82) is 0 Å². The van der Waals surface area contributed by atoms with Gasteiger partial charge in [0, 0.05) is 6.61 Å². The maximum absolute atomic E-state index is 5.61. The van der Waals surface area contributed by atoms with Gasteiger partial charge in [-0.1, -0.05) is 5.16 Å². The zero-order valence-corrected chi connectivity index (χ0v) is 8.54. The van der Waals surface area contributed by atoms with Crippen LogP contribution in [0.5, 0.6) is 0 Å². The highest BCUT2D eigenvalue weighted by molar-refractivity contribution is 5.01. The predicted molar refractivity (Wildman–Crippen MR) is 49.6 cm³/mol. The Bertz CT molecular complexity index is 305. The molecule has 1 unspecified atom stereocenters. The number of ether oxygens (including phenoxy) is 1. The van der Waals surface area contributed by atoms with Gasteiger partial charge in [0.2, 0.25) is 11.7 Å². The van der Waals surface area contributed by atoms with E-state index in [1.165, 1.54) is 0 Å². The minimum absolute atomic E-state index is 0.338. The van der Waals surface area contributed by atoms with Crippen LogP contribution < -0.4 is 5.32 Å². The van der Waals surface area contributed by atoms with Crippen molar-refractivity contribution in [3.05, 3.63) is 11.7 Å². The zero-order valence-electron chi connectivity index (χ0n) is 8.54. The minimum atomic E-state index is -0.338. The summed E-state index contributed by atoms with van der Waals surface area (Å²) in [6.45, 7) is 3.39. The van der Waals surface area contributed by atoms with E-state index in [1.807, 2.05) is 14.0 Å². The van der Waals surface area contributed by atoms with Crippen molar-refractivity contribution < 1.29 is 9.26 Å². The lowest BCUT2D eigenvalue weighted by molar-refractivity contribution is 0.00768. The summed E-state index contributed by atoms with van der Waals surface area (Å²) in [5.74, 6) is 1.28. The normalized spacial score (nSPS) is 27.0. The fourth-order valence-electron chi connectivity index (χ4n) is 1.65. The van der Waals surface area contributed by atoms with Gasteiger partial charge in [0.15, 0.2) is 0 Å². The molecule has 1 N–H and O–H groups in total. The van der Waals surface area contributed by atoms with E-state index in [4.69, 9.17) is 9.26 Å². The van der Waals surface area contributed by atoms with E-state index in [0.717, 1.165) is 19.4 Å². The first-order chi connectivity index (χ1) is 6.74. The lowest BCUT2D eigenvalue weighted by Gasteiger charge is -2.17. The molecule has 0 aromatic carbocycles. The highest BCUT2D eigenvalue weighted by Gasteiger charge is 2.36. The van der Waals surface area contributed by atoms with Crippen molar-refractivity contribution in [2.24, 2.45) is 0 Å². The first-order valence-corrected chi connectivity index (χ1v) is 4.86. The van der Waals surface area contributed by atoms with Crippen LogP contribution >= 0.6 is 0 Å². The van der Waals surface area contributed by atoms with Crippen LogP contribution in [-0.4, -0.2) is 23.8 Å². The summed E-state index contributed by atoms with van der Waals surface area (Å²) in [6.07, 6.45) is 2.03. The molecule has 5 nitrogen and oxygen atoms in total. The van der Waals surface area contributed by atoms with E-state index in [-0.39, 0.29) is 5.60 Å². The summed E-state index contributed by atoms with van der Waals surface area (Å²) < 4.78 is 10.7. The second-order valence-corrected chi connectivity index (χ2v) is 3.72. The zero-order chi connectivity index (χ0) is 10.0. The number of aromatic nitrogens is 2. The molecule has 0 radical (unpaired) electrons. The van der Waals surface area contributed by atoms with Gasteiger partial charge >= 0.3 is 0 Å². The molecule has 2 heterocycles. The molecule has 14 heavy (non-hydrogen) atoms. The third-order valence-corrected chi connectivity index (χ3v) is 2.49. The quantitative estimate of drug-likeness (QED) is 0.777. The molecule has 0 amide bonds. The first-order valence-electron chi connectivity index (χ1n) is 4.86. The van der Waals surface area contributed by atoms with E-state index in [2.05, 4.69) is 15.5 Å². The summed E-state index contributed by atoms with van der Waals surface area (Å²) in [5.41, 5.74) is -0.338. The molecule has 2 rings (SSSR count). The van der Waals surface area contributed by atoms with Crippen molar-refractivity contribution in [2.45, 2.75) is 31.9 Å². The van der Waals surface area contributed by atoms with Crippen molar-refractivity contribution >= 4 is 0 Å². The second kappa shape index (κ2) is 3.67. The second-order valence-electron chi connectivity index (χ2n) is 3.72. The molecular formula is C9H15N3O2. The maximum atomic E-state index is 5.61. The Kier molecular flexibility index (Phi) is 2.52. The molecule has 0 bridgehead atoms. The summed E-state index contributed by atoms with van der Waals surface area (Å²) in [5, 5.41) is 6.90. The Labute approximate surface area is 82.8 Å². The largest absolute Gasteiger partial charge is 0.367 e. The average molecular weight is 197 g/mol. The van der Waals surface area contributed by atoms with Gasteiger partial charge in [-0.15, -0.1) is 0 Å². The van der Waals surface area contributed by atoms with E-state index in [0.29, 0.717) is 18.3 Å². The highest BCUT2D eigenvalue weighted by Crippen LogP contribution is 2.33. The van der Waals surface area contributed by atoms with Gasteiger partial charge in [-0.25, -0.2) is 0 Å². The number of nitrogens with one attached hydrogen (secondary N) is 1. The lowest BCUT2D eigenvalue weighted by atomic mass is 10.0. The molecule has 1 saturated heterocycles. The number of hydrogen-bond acceptors (Lipinski definition) is 5. The number of rotatable bonds is 3. The molecule has 0 spiro atoms. The van der Waals surface area contributed by atoms with Crippen LogP contribution in [0.15, 0.2) is 4.52 Å². The van der Waals surface area contributed by atoms with Gasteiger partial charge in [-0.2, -0.15) is 4.98 Å². The van der Waals surface area contributed by atoms with Gasteiger partial charge in [0.25, 0.3) is 0 Å². The molecular weight excluding hydrogens is 182 g/mol. The van der Waals surface area contributed by atoms with Crippen LogP contribution in [0.25, 0.3) is 0 Å². The fourth-order valence-corrected chi connectivity index (χ4v) is 1.65. The van der Waals surface area contributed by atoms with Crippen LogP contribution in [0.3, 0.4) is 0 Å². The van der Waals surface area contributed by atoms with Crippen molar-refractivity contribution in [3.8, 4) is 0 Å². The molecule has 1 aromatic heterocycles. The minimum Gasteiger partial charge on any atom is -0.367 e. The van der Waals surface area contributed by atoms with Crippen molar-refractivity contribution in [1.82, 2.24) is 15.5 Å². The Morgan fingerprint density at radius 2 is 2.43 bits per heavy atom. The van der Waals surface area contributed by atoms with E-state index >= 15 is 0 Å². The van der Waals surface area contributed by atoms with E-state index in [1.54, 1.807) is 0 Å². The Balaban J connectivity index is 2.15. The number of nitrogens with zero attached hydrogens (tertiary/aromatic N) is 2. The third kappa shape index (κ3) is 1.65. The molecule has 1 fully saturated rings. The van der Waals surface area contributed by atoms with E-state index in [9.17, 15) is 0 Å². The van der Waals surface area contributed by atoms with E-state index < -0.39 is 0 Å². The maximum Gasteiger partial charge on any atom is 0.240 e. The smallest absolute Gasteiger partial charge is 0.240 e. The summed E-state index contributed by atoms with van der Waals surface area (Å²) in [7, 11) is 1.84. The van der Waals surface area contributed by atoms with Crippen LogP contribution in [0, 0.1) is 0 Å². The van der Waals surface area contributed by atoms with Crippen LogP contribution in [0.1, 0.15) is 31.5 Å². The summed E-state index contributed by atoms with van der Waals surface area (Å²) >= 11 is 0. The first kappa shape index (κ1) is 9.61. The molecule has 1 aliphatic rings. The van der Waals surface area contributed by atoms with Gasteiger partial charge in [0.05, 0.1) is 6.54 Å². The highest BCUT2D eigenvalue weighted by atomic mass is 16.5. The Morgan fingerprint density at radius 1 is 1.57 bits per heavy atom. The third-order valence-electron chi connectivity index (χ3n) is 2.49. The molecule has 0 saturated carbocycles. The van der Waals surface area contributed by atoms with Crippen molar-refractivity contribution in [2.75, 3.05) is 13.7 Å². The van der Waals surface area contributed by atoms with Crippen LogP contribution in [-0.2, 0) is 16.9 Å². The standard InChI is InChI=1S/C9H15N3O2/c1-9(4-3-5-13-9)8-11-7(6-10-2)14-12-8/h10H,3-6H2,1-2H3. The van der Waals surface area contributed by atoms with Crippen LogP contribution in [0.2, 0.25) is 0 Å². The molecule has 1 aromatic rings. The fraction of sp³-hybridized carbons (Fsp3) is 0.778. The Morgan fingerprint density at radius 3 is 3.07 bits per heavy atom. The Hall–Kier alpha value is -0.940. The lowest BCUT2D eigenvalue weighted by Crippen LogP contribution is -2.21. The van der Waals surface area contributed by atoms with Crippen molar-refractivity contribution in [3.63, 3.8) is 0 Å².